The number of rotatable bonds is 8. The summed E-state index contributed by atoms with van der Waals surface area (Å²) in [5, 5.41) is 11.2. The van der Waals surface area contributed by atoms with E-state index in [1.165, 1.54) is 18.2 Å². The van der Waals surface area contributed by atoms with Crippen molar-refractivity contribution < 1.29 is 32.6 Å². The minimum absolute atomic E-state index is 0.119. The van der Waals surface area contributed by atoms with Gasteiger partial charge in [-0.1, -0.05) is 36.4 Å². The lowest BCUT2D eigenvalue weighted by Crippen LogP contribution is -2.36. The highest BCUT2D eigenvalue weighted by Gasteiger charge is 2.44. The Morgan fingerprint density at radius 2 is 1.82 bits per heavy atom. The van der Waals surface area contributed by atoms with Gasteiger partial charge in [0.25, 0.3) is 0 Å². The predicted molar refractivity (Wildman–Crippen MR) is 139 cm³/mol. The Labute approximate surface area is 218 Å². The van der Waals surface area contributed by atoms with Crippen LogP contribution in [0.1, 0.15) is 57.2 Å². The number of alkyl halides is 2. The number of carbonyl (C=O) groups is 1. The van der Waals surface area contributed by atoms with E-state index in [4.69, 9.17) is 9.72 Å². The third-order valence-electron chi connectivity index (χ3n) is 6.14. The van der Waals surface area contributed by atoms with Crippen LogP contribution in [0.4, 0.5) is 13.2 Å². The number of esters is 1. The van der Waals surface area contributed by atoms with E-state index in [1.54, 1.807) is 32.9 Å². The number of aliphatic hydroxyl groups excluding tert-OH is 1. The van der Waals surface area contributed by atoms with Crippen molar-refractivity contribution in [1.29, 1.82) is 0 Å². The molecule has 1 aromatic heterocycles. The van der Waals surface area contributed by atoms with Crippen molar-refractivity contribution in [2.45, 2.75) is 63.6 Å². The molecule has 5 nitrogen and oxygen atoms in total. The molecule has 3 aromatic rings. The van der Waals surface area contributed by atoms with Gasteiger partial charge in [0, 0.05) is 22.4 Å². The van der Waals surface area contributed by atoms with Crippen LogP contribution in [0.25, 0.3) is 28.1 Å². The van der Waals surface area contributed by atoms with Crippen LogP contribution in [0.2, 0.25) is 0 Å². The summed E-state index contributed by atoms with van der Waals surface area (Å²) in [5.41, 5.74) is 1.11. The second-order valence-electron chi connectivity index (χ2n) is 10.4. The fourth-order valence-corrected chi connectivity index (χ4v) is 4.24. The fraction of sp³-hybridized carbons (Fsp3) is 0.333. The second-order valence-corrected chi connectivity index (χ2v) is 10.4. The molecule has 0 radical (unpaired) electrons. The van der Waals surface area contributed by atoms with Gasteiger partial charge in [-0.25, -0.2) is 9.18 Å². The normalized spacial score (nSPS) is 14.9. The summed E-state index contributed by atoms with van der Waals surface area (Å²) in [7, 11) is 0. The van der Waals surface area contributed by atoms with E-state index in [9.17, 15) is 19.1 Å². The molecule has 1 unspecified atom stereocenters. The second kappa shape index (κ2) is 10.6. The molecule has 1 atom stereocenters. The Hall–Kier alpha value is -3.74. The van der Waals surface area contributed by atoms with E-state index in [0.717, 1.165) is 30.2 Å². The predicted octanol–water partition coefficient (Wildman–Crippen LogP) is 6.42. The van der Waals surface area contributed by atoms with E-state index >= 15 is 8.78 Å². The Morgan fingerprint density at radius 3 is 2.42 bits per heavy atom. The number of ether oxygens (including phenoxy) is 1. The van der Waals surface area contributed by atoms with Crippen molar-refractivity contribution in [2.75, 3.05) is 0 Å². The molecule has 1 heterocycles. The zero-order valence-corrected chi connectivity index (χ0v) is 21.3. The third-order valence-corrected chi connectivity index (χ3v) is 6.14. The smallest absolute Gasteiger partial charge is 0.311 e. The van der Waals surface area contributed by atoms with Gasteiger partial charge in [-0.05, 0) is 63.5 Å². The van der Waals surface area contributed by atoms with Gasteiger partial charge in [0.05, 0.1) is 23.2 Å². The van der Waals surface area contributed by atoms with Crippen LogP contribution in [0.15, 0.2) is 60.2 Å². The number of carbonyl (C=O) groups excluding carboxylic acids is 2. The van der Waals surface area contributed by atoms with E-state index in [-0.39, 0.29) is 5.92 Å². The van der Waals surface area contributed by atoms with Crippen molar-refractivity contribution in [3.63, 3.8) is 0 Å². The minimum Gasteiger partial charge on any atom is -0.460 e. The summed E-state index contributed by atoms with van der Waals surface area (Å²) in [6.45, 7) is 4.70. The number of pyridine rings is 1. The first kappa shape index (κ1) is 27.3. The fourth-order valence-electron chi connectivity index (χ4n) is 4.24. The summed E-state index contributed by atoms with van der Waals surface area (Å²) in [6.07, 6.45) is 0.561. The quantitative estimate of drug-likeness (QED) is 0.273. The van der Waals surface area contributed by atoms with Crippen LogP contribution in [0.5, 0.6) is 0 Å². The number of hydrogen-bond donors (Lipinski definition) is 1. The summed E-state index contributed by atoms with van der Waals surface area (Å²) < 4.78 is 48.9. The molecular formula is C30H28F3NO4. The number of hydrogen-bond acceptors (Lipinski definition) is 5. The largest absolute Gasteiger partial charge is 0.460 e. The van der Waals surface area contributed by atoms with Crippen LogP contribution >= 0.6 is 0 Å². The number of fused-ring (bicyclic) bond motifs is 1. The maximum absolute atomic E-state index is 15.1. The standard InChI is InChI=1S/C30H28F3NO4/c1-29(2,3)38-26(37)16-20(17-35)30(32,33)25(36)15-14-23-27(18-10-12-21(31)13-11-18)22-6-4-5-7-24(22)34-28(23)19-8-9-19/h4-7,10-15,19,25,36H,8-9,16H2,1-3H3/b15-14+. The van der Waals surface area contributed by atoms with E-state index in [2.05, 4.69) is 0 Å². The van der Waals surface area contributed by atoms with Crippen molar-refractivity contribution in [1.82, 2.24) is 4.98 Å². The van der Waals surface area contributed by atoms with E-state index < -0.39 is 41.4 Å². The van der Waals surface area contributed by atoms with Gasteiger partial charge < -0.3 is 9.84 Å². The zero-order chi connectivity index (χ0) is 27.7. The first-order valence-corrected chi connectivity index (χ1v) is 12.3. The van der Waals surface area contributed by atoms with Gasteiger partial charge in [0.2, 0.25) is 0 Å². The molecule has 2 aromatic carbocycles. The van der Waals surface area contributed by atoms with Crippen molar-refractivity contribution in [3.8, 4) is 11.1 Å². The topological polar surface area (TPSA) is 76.5 Å². The van der Waals surface area contributed by atoms with Gasteiger partial charge in [0.1, 0.15) is 23.5 Å². The highest BCUT2D eigenvalue weighted by atomic mass is 19.3. The average Bonchev–Trinajstić information content (AvgIpc) is 3.70. The molecule has 0 bridgehead atoms. The first-order chi connectivity index (χ1) is 17.9. The molecule has 8 heteroatoms. The molecular weight excluding hydrogens is 495 g/mol. The number of para-hydroxylation sites is 1. The van der Waals surface area contributed by atoms with Gasteiger partial charge >= 0.3 is 11.9 Å². The molecule has 38 heavy (non-hydrogen) atoms. The first-order valence-electron chi connectivity index (χ1n) is 12.3. The van der Waals surface area contributed by atoms with Crippen LogP contribution in [-0.4, -0.2) is 39.6 Å². The van der Waals surface area contributed by atoms with Crippen LogP contribution in [-0.2, 0) is 14.3 Å². The Bertz CT molecular complexity index is 1430. The van der Waals surface area contributed by atoms with Crippen LogP contribution < -0.4 is 0 Å². The molecule has 0 saturated heterocycles. The maximum Gasteiger partial charge on any atom is 0.311 e. The van der Waals surface area contributed by atoms with Gasteiger partial charge in [0.15, 0.2) is 0 Å². The summed E-state index contributed by atoms with van der Waals surface area (Å²) in [4.78, 5) is 28.2. The summed E-state index contributed by atoms with van der Waals surface area (Å²) in [6, 6.07) is 13.2. The van der Waals surface area contributed by atoms with Gasteiger partial charge in [-0.2, -0.15) is 8.78 Å². The SMILES string of the molecule is CC(C)(C)OC(=O)CC(=C=O)C(F)(F)C(O)/C=C/c1c(C2CC2)nc2ccccc2c1-c1ccc(F)cc1. The molecule has 1 aliphatic carbocycles. The zero-order valence-electron chi connectivity index (χ0n) is 21.3. The lowest BCUT2D eigenvalue weighted by Gasteiger charge is -2.23. The number of aromatic nitrogens is 1. The lowest BCUT2D eigenvalue weighted by atomic mass is 9.91. The Morgan fingerprint density at radius 1 is 1.16 bits per heavy atom. The highest BCUT2D eigenvalue weighted by molar-refractivity contribution is 5.99. The minimum atomic E-state index is -4.07. The number of benzene rings is 2. The van der Waals surface area contributed by atoms with Crippen molar-refractivity contribution >= 4 is 28.9 Å². The maximum atomic E-state index is 15.1. The summed E-state index contributed by atoms with van der Waals surface area (Å²) in [5.74, 6) is -4.28. The average molecular weight is 524 g/mol. The van der Waals surface area contributed by atoms with Gasteiger partial charge in [-0.3, -0.25) is 9.78 Å². The Kier molecular flexibility index (Phi) is 7.58. The molecule has 4 rings (SSSR count). The van der Waals surface area contributed by atoms with Crippen LogP contribution in [0.3, 0.4) is 0 Å². The highest BCUT2D eigenvalue weighted by Crippen LogP contribution is 2.45. The number of aliphatic hydroxyl groups is 1. The third kappa shape index (κ3) is 6.04. The van der Waals surface area contributed by atoms with E-state index in [0.29, 0.717) is 27.9 Å². The number of halogens is 3. The molecule has 0 spiro atoms. The van der Waals surface area contributed by atoms with E-state index in [1.807, 2.05) is 24.3 Å². The summed E-state index contributed by atoms with van der Waals surface area (Å²) >= 11 is 0. The molecule has 0 aliphatic heterocycles. The molecule has 1 saturated carbocycles. The molecule has 0 amide bonds. The van der Waals surface area contributed by atoms with Crippen LogP contribution in [0, 0.1) is 5.82 Å². The molecule has 1 aliphatic rings. The Balaban J connectivity index is 1.75. The van der Waals surface area contributed by atoms with Crippen molar-refractivity contribution in [2.24, 2.45) is 0 Å². The molecule has 1 fully saturated rings. The monoisotopic (exact) mass is 523 g/mol. The lowest BCUT2D eigenvalue weighted by molar-refractivity contribution is -0.155. The molecule has 1 N–H and O–H groups in total. The molecule has 198 valence electrons. The van der Waals surface area contributed by atoms with Crippen molar-refractivity contribution in [3.05, 3.63) is 77.3 Å². The van der Waals surface area contributed by atoms with Gasteiger partial charge in [-0.15, -0.1) is 0 Å². The number of nitrogens with zero attached hydrogens (tertiary/aromatic N) is 1.